The van der Waals surface area contributed by atoms with Crippen molar-refractivity contribution < 1.29 is 22.7 Å². The van der Waals surface area contributed by atoms with E-state index in [4.69, 9.17) is 0 Å². The molecule has 0 bridgehead atoms. The number of carbonyl (C=O) groups excluding carboxylic acids is 1. The van der Waals surface area contributed by atoms with Gasteiger partial charge in [0.15, 0.2) is 0 Å². The zero-order valence-corrected chi connectivity index (χ0v) is 15.2. The molecule has 0 spiro atoms. The lowest BCUT2D eigenvalue weighted by molar-refractivity contribution is -0.127. The van der Waals surface area contributed by atoms with Crippen LogP contribution in [0.1, 0.15) is 11.1 Å². The maximum atomic E-state index is 13.8. The number of nitrogens with zero attached hydrogens (tertiary/aromatic N) is 2. The van der Waals surface area contributed by atoms with Crippen LogP contribution in [0.25, 0.3) is 6.08 Å². The topological polar surface area (TPSA) is 32.8 Å². The highest BCUT2D eigenvalue weighted by Crippen LogP contribution is 2.16. The average molecular weight is 390 g/mol. The minimum absolute atomic E-state index is 0.0736. The Morgan fingerprint density at radius 1 is 1.04 bits per heavy atom. The lowest BCUT2D eigenvalue weighted by atomic mass is 10.1. The van der Waals surface area contributed by atoms with E-state index in [0.717, 1.165) is 0 Å². The number of halogens is 3. The Morgan fingerprint density at radius 2 is 1.71 bits per heavy atom. The van der Waals surface area contributed by atoms with Gasteiger partial charge in [0.25, 0.3) is 0 Å². The van der Waals surface area contributed by atoms with E-state index in [1.54, 1.807) is 35.2 Å². The lowest BCUT2D eigenvalue weighted by Gasteiger charge is -2.34. The third kappa shape index (κ3) is 5.60. The summed E-state index contributed by atoms with van der Waals surface area (Å²) in [7, 11) is 0. The quantitative estimate of drug-likeness (QED) is 0.704. The number of hydrogen-bond donors (Lipinski definition) is 0. The Labute approximate surface area is 161 Å². The van der Waals surface area contributed by atoms with E-state index in [0.29, 0.717) is 43.9 Å². The van der Waals surface area contributed by atoms with Crippen LogP contribution in [0.2, 0.25) is 0 Å². The van der Waals surface area contributed by atoms with Crippen LogP contribution in [0.5, 0.6) is 5.75 Å². The average Bonchev–Trinajstić information content (AvgIpc) is 2.69. The second kappa shape index (κ2) is 9.41. The van der Waals surface area contributed by atoms with Crippen LogP contribution in [-0.2, 0) is 11.3 Å². The van der Waals surface area contributed by atoms with Crippen molar-refractivity contribution in [2.75, 3.05) is 26.2 Å². The molecule has 0 aromatic heterocycles. The minimum Gasteiger partial charge on any atom is -0.435 e. The van der Waals surface area contributed by atoms with Crippen LogP contribution in [0.3, 0.4) is 0 Å². The molecule has 0 saturated carbocycles. The third-order valence-electron chi connectivity index (χ3n) is 4.56. The van der Waals surface area contributed by atoms with Gasteiger partial charge in [0.2, 0.25) is 5.91 Å². The molecule has 2 aromatic carbocycles. The molecule has 1 saturated heterocycles. The maximum Gasteiger partial charge on any atom is 0.387 e. The minimum atomic E-state index is -2.86. The Bertz CT molecular complexity index is 817. The van der Waals surface area contributed by atoms with E-state index in [1.807, 2.05) is 6.07 Å². The van der Waals surface area contributed by atoms with E-state index in [9.17, 15) is 18.0 Å². The van der Waals surface area contributed by atoms with E-state index >= 15 is 0 Å². The smallest absolute Gasteiger partial charge is 0.387 e. The largest absolute Gasteiger partial charge is 0.435 e. The summed E-state index contributed by atoms with van der Waals surface area (Å²) in [6.45, 7) is 0.149. The van der Waals surface area contributed by atoms with Crippen molar-refractivity contribution in [3.63, 3.8) is 0 Å². The summed E-state index contributed by atoms with van der Waals surface area (Å²) in [5, 5.41) is 0. The van der Waals surface area contributed by atoms with Gasteiger partial charge in [0, 0.05) is 44.4 Å². The molecule has 1 heterocycles. The van der Waals surface area contributed by atoms with Gasteiger partial charge in [0.1, 0.15) is 11.6 Å². The molecule has 1 fully saturated rings. The van der Waals surface area contributed by atoms with Gasteiger partial charge in [0.05, 0.1) is 0 Å². The van der Waals surface area contributed by atoms with Crippen LogP contribution >= 0.6 is 0 Å². The van der Waals surface area contributed by atoms with Crippen LogP contribution in [0.4, 0.5) is 13.2 Å². The molecule has 2 aromatic rings. The summed E-state index contributed by atoms with van der Waals surface area (Å²) in [6.07, 6.45) is 3.11. The molecular formula is C21H21F3N2O2. The predicted octanol–water partition coefficient (Wildman–Crippen LogP) is 3.78. The highest BCUT2D eigenvalue weighted by atomic mass is 19.3. The monoisotopic (exact) mass is 390 g/mol. The fourth-order valence-electron chi connectivity index (χ4n) is 3.03. The SMILES string of the molecule is O=C(C=Cc1ccc(OC(F)F)cc1)N1CCN(Cc2ccccc2F)CC1. The number of hydrogen-bond acceptors (Lipinski definition) is 3. The zero-order valence-electron chi connectivity index (χ0n) is 15.2. The first-order chi connectivity index (χ1) is 13.5. The third-order valence-corrected chi connectivity index (χ3v) is 4.56. The van der Waals surface area contributed by atoms with Crippen molar-refractivity contribution in [3.05, 3.63) is 71.6 Å². The predicted molar refractivity (Wildman–Crippen MR) is 100 cm³/mol. The first-order valence-corrected chi connectivity index (χ1v) is 8.99. The van der Waals surface area contributed by atoms with Gasteiger partial charge in [-0.25, -0.2) is 4.39 Å². The van der Waals surface area contributed by atoms with Crippen LogP contribution in [0, 0.1) is 5.82 Å². The van der Waals surface area contributed by atoms with Gasteiger partial charge >= 0.3 is 6.61 Å². The van der Waals surface area contributed by atoms with E-state index in [1.165, 1.54) is 24.3 Å². The van der Waals surface area contributed by atoms with Crippen molar-refractivity contribution in [3.8, 4) is 5.75 Å². The number of amides is 1. The lowest BCUT2D eigenvalue weighted by Crippen LogP contribution is -2.47. The number of carbonyl (C=O) groups is 1. The summed E-state index contributed by atoms with van der Waals surface area (Å²) >= 11 is 0. The maximum absolute atomic E-state index is 13.8. The first kappa shape index (κ1) is 19.9. The number of benzene rings is 2. The van der Waals surface area contributed by atoms with Crippen molar-refractivity contribution in [1.82, 2.24) is 9.80 Å². The number of alkyl halides is 2. The molecular weight excluding hydrogens is 369 g/mol. The van der Waals surface area contributed by atoms with Crippen molar-refractivity contribution >= 4 is 12.0 Å². The molecule has 1 aliphatic heterocycles. The molecule has 4 nitrogen and oxygen atoms in total. The van der Waals surface area contributed by atoms with Gasteiger partial charge in [-0.3, -0.25) is 9.69 Å². The summed E-state index contributed by atoms with van der Waals surface area (Å²) < 4.78 is 42.3. The zero-order chi connectivity index (χ0) is 19.9. The van der Waals surface area contributed by atoms with Gasteiger partial charge in [-0.2, -0.15) is 8.78 Å². The molecule has 0 unspecified atom stereocenters. The van der Waals surface area contributed by atoms with Crippen molar-refractivity contribution in [2.24, 2.45) is 0 Å². The molecule has 1 amide bonds. The molecule has 0 radical (unpaired) electrons. The van der Waals surface area contributed by atoms with Crippen LogP contribution in [-0.4, -0.2) is 48.5 Å². The Kier molecular flexibility index (Phi) is 6.71. The number of piperazine rings is 1. The van der Waals surface area contributed by atoms with Crippen molar-refractivity contribution in [2.45, 2.75) is 13.2 Å². The van der Waals surface area contributed by atoms with Gasteiger partial charge in [-0.1, -0.05) is 30.3 Å². The van der Waals surface area contributed by atoms with Crippen LogP contribution < -0.4 is 4.74 Å². The van der Waals surface area contributed by atoms with Crippen LogP contribution in [0.15, 0.2) is 54.6 Å². The normalized spacial score (nSPS) is 15.4. The Balaban J connectivity index is 1.48. The van der Waals surface area contributed by atoms with E-state index < -0.39 is 6.61 Å². The van der Waals surface area contributed by atoms with E-state index in [-0.39, 0.29) is 17.5 Å². The fourth-order valence-corrected chi connectivity index (χ4v) is 3.03. The molecule has 0 aliphatic carbocycles. The molecule has 148 valence electrons. The molecule has 0 atom stereocenters. The highest BCUT2D eigenvalue weighted by molar-refractivity contribution is 5.91. The Morgan fingerprint density at radius 3 is 2.36 bits per heavy atom. The second-order valence-electron chi connectivity index (χ2n) is 6.47. The van der Waals surface area contributed by atoms with Gasteiger partial charge in [-0.15, -0.1) is 0 Å². The summed E-state index contributed by atoms with van der Waals surface area (Å²) in [4.78, 5) is 16.2. The second-order valence-corrected chi connectivity index (χ2v) is 6.47. The summed E-state index contributed by atoms with van der Waals surface area (Å²) in [5.74, 6) is -0.253. The first-order valence-electron chi connectivity index (χ1n) is 8.99. The Hall–Kier alpha value is -2.80. The number of rotatable bonds is 6. The van der Waals surface area contributed by atoms with Crippen molar-refractivity contribution in [1.29, 1.82) is 0 Å². The molecule has 28 heavy (non-hydrogen) atoms. The summed E-state index contributed by atoms with van der Waals surface area (Å²) in [5.41, 5.74) is 1.37. The standard InChI is InChI=1S/C21H21F3N2O2/c22-19-4-2-1-3-17(19)15-25-11-13-26(14-12-25)20(27)10-7-16-5-8-18(9-6-16)28-21(23)24/h1-10,21H,11-15H2. The number of ether oxygens (including phenoxy) is 1. The highest BCUT2D eigenvalue weighted by Gasteiger charge is 2.20. The molecule has 3 rings (SSSR count). The van der Waals surface area contributed by atoms with E-state index in [2.05, 4.69) is 9.64 Å². The molecule has 0 N–H and O–H groups in total. The molecule has 7 heteroatoms. The van der Waals surface area contributed by atoms with Gasteiger partial charge < -0.3 is 9.64 Å². The fraction of sp³-hybridized carbons (Fsp3) is 0.286. The van der Waals surface area contributed by atoms with Gasteiger partial charge in [-0.05, 0) is 29.8 Å². The molecule has 1 aliphatic rings. The summed E-state index contributed by atoms with van der Waals surface area (Å²) in [6, 6.07) is 12.8.